The topological polar surface area (TPSA) is 9.23 Å². The van der Waals surface area contributed by atoms with Crippen molar-refractivity contribution in [3.8, 4) is 5.75 Å². The van der Waals surface area contributed by atoms with E-state index in [0.717, 1.165) is 12.2 Å². The number of rotatable bonds is 3. The highest BCUT2D eigenvalue weighted by molar-refractivity contribution is 5.89. The molecule has 94 valence electrons. The summed E-state index contributed by atoms with van der Waals surface area (Å²) in [6.45, 7) is 0. The molecule has 0 aliphatic rings. The molecule has 0 bridgehead atoms. The van der Waals surface area contributed by atoms with Crippen LogP contribution in [0.2, 0.25) is 0 Å². The molecule has 1 heteroatoms. The van der Waals surface area contributed by atoms with Crippen molar-refractivity contribution in [3.63, 3.8) is 0 Å². The maximum atomic E-state index is 5.63. The monoisotopic (exact) mass is 248 g/mol. The van der Waals surface area contributed by atoms with Gasteiger partial charge in [0.25, 0.3) is 0 Å². The van der Waals surface area contributed by atoms with Crippen LogP contribution < -0.4 is 4.74 Å². The van der Waals surface area contributed by atoms with E-state index in [0.29, 0.717) is 0 Å². The Labute approximate surface area is 113 Å². The van der Waals surface area contributed by atoms with Crippen LogP contribution in [0.15, 0.2) is 66.7 Å². The van der Waals surface area contributed by atoms with E-state index in [2.05, 4.69) is 60.7 Å². The first-order valence-corrected chi connectivity index (χ1v) is 6.47. The molecule has 19 heavy (non-hydrogen) atoms. The van der Waals surface area contributed by atoms with Gasteiger partial charge in [-0.1, -0.05) is 66.7 Å². The molecule has 0 atom stereocenters. The van der Waals surface area contributed by atoms with Gasteiger partial charge in [-0.2, -0.15) is 0 Å². The molecule has 0 unspecified atom stereocenters. The largest absolute Gasteiger partial charge is 0.496 e. The molecule has 0 aliphatic carbocycles. The fourth-order valence-corrected chi connectivity index (χ4v) is 2.48. The van der Waals surface area contributed by atoms with E-state index in [1.54, 1.807) is 7.11 Å². The van der Waals surface area contributed by atoms with Crippen molar-refractivity contribution in [2.75, 3.05) is 7.11 Å². The third-order valence-corrected chi connectivity index (χ3v) is 3.40. The van der Waals surface area contributed by atoms with E-state index in [4.69, 9.17) is 4.74 Å². The first-order valence-electron chi connectivity index (χ1n) is 6.47. The zero-order valence-corrected chi connectivity index (χ0v) is 11.0. The van der Waals surface area contributed by atoms with Crippen molar-refractivity contribution in [1.29, 1.82) is 0 Å². The van der Waals surface area contributed by atoms with Gasteiger partial charge in [0, 0.05) is 11.8 Å². The standard InChI is InChI=1S/C18H16O/c1-19-18-16(13-14-7-3-2-4-8-14)12-11-15-9-5-6-10-17(15)18/h2-12H,13H2,1H3. The highest BCUT2D eigenvalue weighted by Crippen LogP contribution is 2.31. The maximum Gasteiger partial charge on any atom is 0.130 e. The molecule has 0 radical (unpaired) electrons. The Morgan fingerprint density at radius 2 is 1.53 bits per heavy atom. The summed E-state index contributed by atoms with van der Waals surface area (Å²) in [6.07, 6.45) is 0.898. The van der Waals surface area contributed by atoms with Crippen molar-refractivity contribution >= 4 is 10.8 Å². The average Bonchev–Trinajstić information content (AvgIpc) is 2.48. The van der Waals surface area contributed by atoms with Gasteiger partial charge in [-0.05, 0) is 16.5 Å². The van der Waals surface area contributed by atoms with E-state index in [9.17, 15) is 0 Å². The predicted molar refractivity (Wildman–Crippen MR) is 79.7 cm³/mol. The Bertz CT molecular complexity index is 686. The SMILES string of the molecule is COc1c(Cc2ccccc2)ccc2ccccc12. The van der Waals surface area contributed by atoms with Crippen LogP contribution in [0.4, 0.5) is 0 Å². The minimum absolute atomic E-state index is 0.898. The van der Waals surface area contributed by atoms with Crippen molar-refractivity contribution < 1.29 is 4.74 Å². The van der Waals surface area contributed by atoms with Gasteiger partial charge >= 0.3 is 0 Å². The van der Waals surface area contributed by atoms with Crippen LogP contribution in [-0.2, 0) is 6.42 Å². The fourth-order valence-electron chi connectivity index (χ4n) is 2.48. The number of methoxy groups -OCH3 is 1. The molecule has 0 aromatic heterocycles. The van der Waals surface area contributed by atoms with Crippen LogP contribution in [0, 0.1) is 0 Å². The molecule has 0 aliphatic heterocycles. The molecule has 1 nitrogen and oxygen atoms in total. The van der Waals surface area contributed by atoms with E-state index < -0.39 is 0 Å². The van der Waals surface area contributed by atoms with Gasteiger partial charge in [-0.25, -0.2) is 0 Å². The number of fused-ring (bicyclic) bond motifs is 1. The van der Waals surface area contributed by atoms with Crippen LogP contribution in [0.3, 0.4) is 0 Å². The highest BCUT2D eigenvalue weighted by Gasteiger charge is 2.08. The summed E-state index contributed by atoms with van der Waals surface area (Å²) in [6, 6.07) is 23.1. The van der Waals surface area contributed by atoms with Gasteiger partial charge in [0.05, 0.1) is 7.11 Å². The van der Waals surface area contributed by atoms with Crippen LogP contribution in [0.1, 0.15) is 11.1 Å². The minimum Gasteiger partial charge on any atom is -0.496 e. The lowest BCUT2D eigenvalue weighted by Crippen LogP contribution is -1.94. The van der Waals surface area contributed by atoms with Gasteiger partial charge in [0.15, 0.2) is 0 Å². The third kappa shape index (κ3) is 2.32. The Morgan fingerprint density at radius 3 is 2.32 bits per heavy atom. The first-order chi connectivity index (χ1) is 9.38. The molecule has 0 saturated carbocycles. The summed E-state index contributed by atoms with van der Waals surface area (Å²) in [7, 11) is 1.75. The van der Waals surface area contributed by atoms with Crippen molar-refractivity contribution in [3.05, 3.63) is 77.9 Å². The average molecular weight is 248 g/mol. The van der Waals surface area contributed by atoms with Crippen molar-refractivity contribution in [2.45, 2.75) is 6.42 Å². The lowest BCUT2D eigenvalue weighted by molar-refractivity contribution is 0.415. The lowest BCUT2D eigenvalue weighted by Gasteiger charge is -2.12. The van der Waals surface area contributed by atoms with E-state index in [1.807, 2.05) is 6.07 Å². The van der Waals surface area contributed by atoms with Crippen molar-refractivity contribution in [1.82, 2.24) is 0 Å². The smallest absolute Gasteiger partial charge is 0.130 e. The molecule has 0 spiro atoms. The molecule has 0 N–H and O–H groups in total. The molecule has 3 rings (SSSR count). The number of benzene rings is 3. The zero-order valence-electron chi connectivity index (χ0n) is 11.0. The molecule has 0 heterocycles. The van der Waals surface area contributed by atoms with Crippen LogP contribution >= 0.6 is 0 Å². The van der Waals surface area contributed by atoms with Gasteiger partial charge < -0.3 is 4.74 Å². The minimum atomic E-state index is 0.898. The number of ether oxygens (including phenoxy) is 1. The second-order valence-corrected chi connectivity index (χ2v) is 4.64. The molecule has 0 fully saturated rings. The Hall–Kier alpha value is -2.28. The predicted octanol–water partition coefficient (Wildman–Crippen LogP) is 4.44. The molecule has 3 aromatic rings. The molecule has 0 saturated heterocycles. The normalized spacial score (nSPS) is 10.6. The molecular formula is C18H16O. The Balaban J connectivity index is 2.08. The number of hydrogen-bond donors (Lipinski definition) is 0. The Kier molecular flexibility index (Phi) is 3.20. The van der Waals surface area contributed by atoms with E-state index in [-0.39, 0.29) is 0 Å². The summed E-state index contributed by atoms with van der Waals surface area (Å²) in [5, 5.41) is 2.40. The summed E-state index contributed by atoms with van der Waals surface area (Å²) in [5.74, 6) is 0.988. The summed E-state index contributed by atoms with van der Waals surface area (Å²) in [4.78, 5) is 0. The second kappa shape index (κ2) is 5.15. The lowest BCUT2D eigenvalue weighted by atomic mass is 10.00. The first kappa shape index (κ1) is 11.8. The summed E-state index contributed by atoms with van der Waals surface area (Å²) < 4.78 is 5.63. The summed E-state index contributed by atoms with van der Waals surface area (Å²) in [5.41, 5.74) is 2.53. The maximum absolute atomic E-state index is 5.63. The van der Waals surface area contributed by atoms with E-state index in [1.165, 1.54) is 21.9 Å². The Morgan fingerprint density at radius 1 is 0.789 bits per heavy atom. The third-order valence-electron chi connectivity index (χ3n) is 3.40. The van der Waals surface area contributed by atoms with Crippen LogP contribution in [0.25, 0.3) is 10.8 Å². The highest BCUT2D eigenvalue weighted by atomic mass is 16.5. The van der Waals surface area contributed by atoms with Gasteiger partial charge in [0.1, 0.15) is 5.75 Å². The number of hydrogen-bond acceptors (Lipinski definition) is 1. The van der Waals surface area contributed by atoms with E-state index >= 15 is 0 Å². The van der Waals surface area contributed by atoms with Crippen molar-refractivity contribution in [2.24, 2.45) is 0 Å². The second-order valence-electron chi connectivity index (χ2n) is 4.64. The van der Waals surface area contributed by atoms with Crippen LogP contribution in [0.5, 0.6) is 5.75 Å². The molecular weight excluding hydrogens is 232 g/mol. The van der Waals surface area contributed by atoms with Gasteiger partial charge in [-0.3, -0.25) is 0 Å². The fraction of sp³-hybridized carbons (Fsp3) is 0.111. The molecule has 0 amide bonds. The quantitative estimate of drug-likeness (QED) is 0.666. The van der Waals surface area contributed by atoms with Crippen LogP contribution in [-0.4, -0.2) is 7.11 Å². The van der Waals surface area contributed by atoms with Gasteiger partial charge in [-0.15, -0.1) is 0 Å². The molecule has 3 aromatic carbocycles. The zero-order chi connectivity index (χ0) is 13.1. The van der Waals surface area contributed by atoms with Gasteiger partial charge in [0.2, 0.25) is 0 Å². The summed E-state index contributed by atoms with van der Waals surface area (Å²) >= 11 is 0.